The minimum absolute atomic E-state index is 0.533. The monoisotopic (exact) mass is 464 g/mol. The largest absolute Gasteiger partial charge is 0.388 e. The van der Waals surface area contributed by atoms with Gasteiger partial charge >= 0.3 is 0 Å². The van der Waals surface area contributed by atoms with Crippen molar-refractivity contribution in [2.75, 3.05) is 50.5 Å². The molecule has 176 valence electrons. The highest BCUT2D eigenvalue weighted by atomic mass is 32.2. The first-order valence-corrected chi connectivity index (χ1v) is 12.8. The third-order valence-electron chi connectivity index (χ3n) is 5.76. The predicted molar refractivity (Wildman–Crippen MR) is 139 cm³/mol. The van der Waals surface area contributed by atoms with Gasteiger partial charge < -0.3 is 15.1 Å². The van der Waals surface area contributed by atoms with E-state index in [2.05, 4.69) is 39.4 Å². The fourth-order valence-electron chi connectivity index (χ4n) is 3.89. The highest BCUT2D eigenvalue weighted by Crippen LogP contribution is 2.33. The lowest BCUT2D eigenvalue weighted by Gasteiger charge is -2.25. The Balaban J connectivity index is 0.00000187. The zero-order chi connectivity index (χ0) is 24.2. The normalized spacial score (nSPS) is 12.9. The maximum Gasteiger partial charge on any atom is 0.148 e. The number of rotatable bonds is 9. The van der Waals surface area contributed by atoms with Crippen LogP contribution in [0.2, 0.25) is 0 Å². The molecule has 0 unspecified atom stereocenters. The average Bonchev–Trinajstić information content (AvgIpc) is 3.40. The molecule has 7 heteroatoms. The van der Waals surface area contributed by atoms with Crippen molar-refractivity contribution >= 4 is 23.3 Å². The third kappa shape index (κ3) is 6.87. The van der Waals surface area contributed by atoms with Gasteiger partial charge in [-0.15, -0.1) is 11.8 Å². The van der Waals surface area contributed by atoms with Gasteiger partial charge in [0.1, 0.15) is 23.0 Å². The van der Waals surface area contributed by atoms with E-state index in [0.29, 0.717) is 28.4 Å². The first-order valence-electron chi connectivity index (χ1n) is 11.8. The molecule has 1 aromatic heterocycles. The van der Waals surface area contributed by atoms with E-state index >= 15 is 0 Å². The van der Waals surface area contributed by atoms with Gasteiger partial charge in [-0.05, 0) is 55.6 Å². The smallest absolute Gasteiger partial charge is 0.148 e. The number of nitriles is 2. The van der Waals surface area contributed by atoms with E-state index < -0.39 is 0 Å². The molecule has 0 spiro atoms. The number of anilines is 2. The number of thioether (sulfide) groups is 1. The topological polar surface area (TPSA) is 79.0 Å². The first-order chi connectivity index (χ1) is 16.1. The zero-order valence-electron chi connectivity index (χ0n) is 20.6. The Morgan fingerprint density at radius 3 is 2.27 bits per heavy atom. The van der Waals surface area contributed by atoms with E-state index in [1.165, 1.54) is 18.4 Å². The Morgan fingerprint density at radius 1 is 1.09 bits per heavy atom. The molecule has 2 aromatic rings. The summed E-state index contributed by atoms with van der Waals surface area (Å²) in [5.41, 5.74) is 4.11. The number of nitrogens with one attached hydrogen (secondary N) is 1. The summed E-state index contributed by atoms with van der Waals surface area (Å²) < 4.78 is 0. The molecular formula is C26H36N6S. The van der Waals surface area contributed by atoms with Gasteiger partial charge in [0.2, 0.25) is 0 Å². The number of aromatic nitrogens is 1. The standard InChI is InChI=1S/C24H30N6S.C2H6/c1-4-20-21(15-25)23(29(3)13-14-30-11-5-6-12-30)28-24(22(20)16-26)31-17-18-7-9-19(27-2)10-8-18;1-2/h7-10,27H,4-6,11-14,17H2,1-3H3;1-2H3. The van der Waals surface area contributed by atoms with E-state index in [1.807, 2.05) is 47.0 Å². The van der Waals surface area contributed by atoms with Gasteiger partial charge in [-0.2, -0.15) is 10.5 Å². The van der Waals surface area contributed by atoms with Gasteiger partial charge in [-0.1, -0.05) is 32.9 Å². The quantitative estimate of drug-likeness (QED) is 0.506. The van der Waals surface area contributed by atoms with E-state index in [-0.39, 0.29) is 0 Å². The van der Waals surface area contributed by atoms with Crippen LogP contribution in [0.25, 0.3) is 0 Å². The summed E-state index contributed by atoms with van der Waals surface area (Å²) in [5, 5.41) is 23.6. The molecule has 6 nitrogen and oxygen atoms in total. The summed E-state index contributed by atoms with van der Waals surface area (Å²) in [7, 11) is 3.90. The summed E-state index contributed by atoms with van der Waals surface area (Å²) in [6.07, 6.45) is 3.16. The molecule has 0 saturated carbocycles. The molecule has 1 aliphatic heterocycles. The molecule has 33 heavy (non-hydrogen) atoms. The van der Waals surface area contributed by atoms with Crippen molar-refractivity contribution in [2.24, 2.45) is 0 Å². The lowest BCUT2D eigenvalue weighted by Crippen LogP contribution is -2.32. The maximum atomic E-state index is 9.88. The fourth-order valence-corrected chi connectivity index (χ4v) is 4.85. The first kappa shape index (κ1) is 26.5. The van der Waals surface area contributed by atoms with Crippen molar-refractivity contribution in [3.05, 3.63) is 46.5 Å². The summed E-state index contributed by atoms with van der Waals surface area (Å²) >= 11 is 1.56. The van der Waals surface area contributed by atoms with Crippen LogP contribution in [0.1, 0.15) is 55.9 Å². The fraction of sp³-hybridized carbons (Fsp3) is 0.500. The van der Waals surface area contributed by atoms with Gasteiger partial charge in [0, 0.05) is 38.6 Å². The van der Waals surface area contributed by atoms with Gasteiger partial charge in [0.15, 0.2) is 0 Å². The van der Waals surface area contributed by atoms with E-state index in [4.69, 9.17) is 4.98 Å². The van der Waals surface area contributed by atoms with Crippen LogP contribution < -0.4 is 10.2 Å². The summed E-state index contributed by atoms with van der Waals surface area (Å²) in [5.74, 6) is 1.41. The minimum Gasteiger partial charge on any atom is -0.388 e. The zero-order valence-corrected chi connectivity index (χ0v) is 21.4. The van der Waals surface area contributed by atoms with Crippen molar-refractivity contribution in [1.29, 1.82) is 10.5 Å². The third-order valence-corrected chi connectivity index (χ3v) is 6.80. The molecule has 1 N–H and O–H groups in total. The van der Waals surface area contributed by atoms with Crippen LogP contribution in [0.4, 0.5) is 11.5 Å². The molecule has 2 heterocycles. The molecular weight excluding hydrogens is 428 g/mol. The van der Waals surface area contributed by atoms with E-state index in [9.17, 15) is 10.5 Å². The summed E-state index contributed by atoms with van der Waals surface area (Å²) in [4.78, 5) is 9.36. The second kappa shape index (κ2) is 13.7. The Labute approximate surface area is 203 Å². The molecule has 0 amide bonds. The van der Waals surface area contributed by atoms with Gasteiger partial charge in [0.25, 0.3) is 0 Å². The van der Waals surface area contributed by atoms with E-state index in [1.54, 1.807) is 11.8 Å². The number of likely N-dealkylation sites (tertiary alicyclic amines) is 1. The van der Waals surface area contributed by atoms with Gasteiger partial charge in [-0.3, -0.25) is 0 Å². The molecule has 0 aliphatic carbocycles. The highest BCUT2D eigenvalue weighted by Gasteiger charge is 2.22. The van der Waals surface area contributed by atoms with Crippen LogP contribution in [-0.4, -0.2) is 50.2 Å². The lowest BCUT2D eigenvalue weighted by molar-refractivity contribution is 0.346. The minimum atomic E-state index is 0.533. The Hall–Kier alpha value is -2.74. The molecule has 0 atom stereocenters. The number of likely N-dealkylation sites (N-methyl/N-ethyl adjacent to an activating group) is 1. The number of pyridine rings is 1. The number of hydrogen-bond acceptors (Lipinski definition) is 7. The van der Waals surface area contributed by atoms with E-state index in [0.717, 1.165) is 43.2 Å². The van der Waals surface area contributed by atoms with Crippen molar-refractivity contribution in [3.8, 4) is 12.1 Å². The summed E-state index contributed by atoms with van der Waals surface area (Å²) in [6.45, 7) is 10.1. The summed E-state index contributed by atoms with van der Waals surface area (Å²) in [6, 6.07) is 12.9. The molecule has 3 rings (SSSR count). The van der Waals surface area contributed by atoms with Crippen LogP contribution in [-0.2, 0) is 12.2 Å². The number of hydrogen-bond donors (Lipinski definition) is 1. The van der Waals surface area contributed by atoms with Crippen molar-refractivity contribution in [1.82, 2.24) is 9.88 Å². The van der Waals surface area contributed by atoms with Gasteiger partial charge in [-0.25, -0.2) is 4.98 Å². The Kier molecular flexibility index (Phi) is 11.0. The number of benzene rings is 1. The van der Waals surface area contributed by atoms with Crippen LogP contribution >= 0.6 is 11.8 Å². The van der Waals surface area contributed by atoms with Crippen LogP contribution in [0.15, 0.2) is 29.3 Å². The second-order valence-corrected chi connectivity index (χ2v) is 8.72. The number of nitrogens with zero attached hydrogens (tertiary/aromatic N) is 5. The van der Waals surface area contributed by atoms with Crippen molar-refractivity contribution < 1.29 is 0 Å². The molecule has 1 aliphatic rings. The SMILES string of the molecule is CC.CCc1c(C#N)c(SCc2ccc(NC)cc2)nc(N(C)CCN2CCCC2)c1C#N. The van der Waals surface area contributed by atoms with Crippen molar-refractivity contribution in [3.63, 3.8) is 0 Å². The second-order valence-electron chi connectivity index (χ2n) is 7.75. The average molecular weight is 465 g/mol. The molecule has 0 bridgehead atoms. The predicted octanol–water partition coefficient (Wildman–Crippen LogP) is 5.28. The van der Waals surface area contributed by atoms with Crippen LogP contribution in [0.5, 0.6) is 0 Å². The lowest BCUT2D eigenvalue weighted by atomic mass is 10.0. The van der Waals surface area contributed by atoms with Gasteiger partial charge in [0.05, 0.1) is 11.1 Å². The molecule has 0 radical (unpaired) electrons. The highest BCUT2D eigenvalue weighted by molar-refractivity contribution is 7.98. The van der Waals surface area contributed by atoms with Crippen molar-refractivity contribution in [2.45, 2.75) is 50.8 Å². The van der Waals surface area contributed by atoms with Crippen LogP contribution in [0, 0.1) is 22.7 Å². The molecule has 1 aromatic carbocycles. The molecule has 1 fully saturated rings. The Morgan fingerprint density at radius 2 is 1.73 bits per heavy atom. The Bertz CT molecular complexity index is 968. The maximum absolute atomic E-state index is 9.88. The molecule has 1 saturated heterocycles. The van der Waals surface area contributed by atoms with Crippen LogP contribution in [0.3, 0.4) is 0 Å².